The molecule has 2 aromatic rings. The number of hydrogen-bond acceptors (Lipinski definition) is 5. The minimum atomic E-state index is 0.310. The molecule has 0 N–H and O–H groups in total. The standard InChI is InChI=1S/C24H27NO4/c1-26-21-9-16-15-8-14-6-5-7-25(14)13-20(15)19-12-24(29-4)23(28-3)11-18(19)17(16)10-22(21)27-2/h8-12,14,20H,5-7,13H2,1-4H3. The lowest BCUT2D eigenvalue weighted by molar-refractivity contribution is 0.273. The Morgan fingerprint density at radius 3 is 2.00 bits per heavy atom. The zero-order chi connectivity index (χ0) is 20.1. The molecule has 2 aliphatic heterocycles. The first-order chi connectivity index (χ1) is 14.2. The second-order valence-corrected chi connectivity index (χ2v) is 7.93. The first-order valence-corrected chi connectivity index (χ1v) is 10.2. The predicted octanol–water partition coefficient (Wildman–Crippen LogP) is 4.35. The fourth-order valence-electron chi connectivity index (χ4n) is 5.22. The highest BCUT2D eigenvalue weighted by Crippen LogP contribution is 2.54. The van der Waals surface area contributed by atoms with Crippen LogP contribution >= 0.6 is 0 Å². The minimum Gasteiger partial charge on any atom is -0.493 e. The van der Waals surface area contributed by atoms with Gasteiger partial charge >= 0.3 is 0 Å². The Bertz CT molecular complexity index is 997. The van der Waals surface area contributed by atoms with Crippen LogP contribution in [-0.4, -0.2) is 52.5 Å². The van der Waals surface area contributed by atoms with Crippen LogP contribution < -0.4 is 18.9 Å². The summed E-state index contributed by atoms with van der Waals surface area (Å²) in [5.41, 5.74) is 6.26. The monoisotopic (exact) mass is 393 g/mol. The lowest BCUT2D eigenvalue weighted by atomic mass is 9.72. The van der Waals surface area contributed by atoms with Gasteiger partial charge in [0.05, 0.1) is 28.4 Å². The van der Waals surface area contributed by atoms with Crippen LogP contribution in [0.5, 0.6) is 23.0 Å². The van der Waals surface area contributed by atoms with Gasteiger partial charge in [-0.15, -0.1) is 0 Å². The molecule has 0 bridgehead atoms. The van der Waals surface area contributed by atoms with E-state index in [1.54, 1.807) is 28.4 Å². The van der Waals surface area contributed by atoms with Gasteiger partial charge in [-0.1, -0.05) is 6.08 Å². The van der Waals surface area contributed by atoms with E-state index in [1.165, 1.54) is 41.6 Å². The molecular formula is C24H27NO4. The number of nitrogens with zero attached hydrogens (tertiary/aromatic N) is 1. The van der Waals surface area contributed by atoms with Gasteiger partial charge < -0.3 is 18.9 Å². The summed E-state index contributed by atoms with van der Waals surface area (Å²) in [6.45, 7) is 2.21. The Morgan fingerprint density at radius 2 is 1.34 bits per heavy atom. The molecule has 29 heavy (non-hydrogen) atoms. The Kier molecular flexibility index (Phi) is 4.43. The normalized spacial score (nSPS) is 22.0. The van der Waals surface area contributed by atoms with Gasteiger partial charge in [0.25, 0.3) is 0 Å². The Labute approximate surface area is 171 Å². The van der Waals surface area contributed by atoms with Crippen molar-refractivity contribution in [2.45, 2.75) is 24.8 Å². The summed E-state index contributed by atoms with van der Waals surface area (Å²) in [7, 11) is 6.76. The van der Waals surface area contributed by atoms with Gasteiger partial charge in [0.15, 0.2) is 23.0 Å². The Morgan fingerprint density at radius 1 is 0.759 bits per heavy atom. The molecular weight excluding hydrogens is 366 g/mol. The van der Waals surface area contributed by atoms with E-state index in [0.717, 1.165) is 35.1 Å². The molecule has 1 aliphatic carbocycles. The first kappa shape index (κ1) is 18.4. The molecule has 1 saturated heterocycles. The highest BCUT2D eigenvalue weighted by atomic mass is 16.5. The van der Waals surface area contributed by atoms with E-state index in [9.17, 15) is 0 Å². The van der Waals surface area contributed by atoms with E-state index >= 15 is 0 Å². The van der Waals surface area contributed by atoms with Crippen LogP contribution in [0.2, 0.25) is 0 Å². The van der Waals surface area contributed by atoms with Gasteiger partial charge in [-0.25, -0.2) is 0 Å². The Hall–Kier alpha value is -2.66. The number of hydrogen-bond donors (Lipinski definition) is 0. The van der Waals surface area contributed by atoms with Crippen LogP contribution in [0.1, 0.15) is 29.9 Å². The van der Waals surface area contributed by atoms with Gasteiger partial charge in [-0.05, 0) is 71.5 Å². The van der Waals surface area contributed by atoms with Gasteiger partial charge in [-0.2, -0.15) is 0 Å². The zero-order valence-corrected chi connectivity index (χ0v) is 17.5. The molecule has 2 atom stereocenters. The molecule has 0 amide bonds. The molecule has 2 unspecified atom stereocenters. The maximum Gasteiger partial charge on any atom is 0.161 e. The van der Waals surface area contributed by atoms with Crippen molar-refractivity contribution in [3.05, 3.63) is 41.5 Å². The van der Waals surface area contributed by atoms with Crippen molar-refractivity contribution in [1.82, 2.24) is 4.90 Å². The largest absolute Gasteiger partial charge is 0.493 e. The van der Waals surface area contributed by atoms with Crippen LogP contribution in [0.25, 0.3) is 16.7 Å². The summed E-state index contributed by atoms with van der Waals surface area (Å²) in [5, 5.41) is 0. The topological polar surface area (TPSA) is 40.2 Å². The molecule has 152 valence electrons. The molecule has 0 spiro atoms. The second-order valence-electron chi connectivity index (χ2n) is 7.93. The third kappa shape index (κ3) is 2.71. The van der Waals surface area contributed by atoms with E-state index in [1.807, 2.05) is 0 Å². The molecule has 2 aromatic carbocycles. The minimum absolute atomic E-state index is 0.310. The molecule has 0 saturated carbocycles. The fraction of sp³-hybridized carbons (Fsp3) is 0.417. The summed E-state index contributed by atoms with van der Waals surface area (Å²) in [6.07, 6.45) is 4.97. The maximum absolute atomic E-state index is 5.64. The maximum atomic E-state index is 5.64. The average Bonchev–Trinajstić information content (AvgIpc) is 3.23. The van der Waals surface area contributed by atoms with Gasteiger partial charge in [0.2, 0.25) is 0 Å². The highest BCUT2D eigenvalue weighted by molar-refractivity contribution is 5.94. The summed E-state index contributed by atoms with van der Waals surface area (Å²) in [6, 6.07) is 9.02. The molecule has 1 fully saturated rings. The first-order valence-electron chi connectivity index (χ1n) is 10.2. The van der Waals surface area contributed by atoms with E-state index < -0.39 is 0 Å². The average molecular weight is 393 g/mol. The van der Waals surface area contributed by atoms with Crippen molar-refractivity contribution >= 4 is 5.57 Å². The number of ether oxygens (including phenoxy) is 4. The summed E-state index contributed by atoms with van der Waals surface area (Å²) >= 11 is 0. The fourth-order valence-corrected chi connectivity index (χ4v) is 5.22. The van der Waals surface area contributed by atoms with E-state index in [0.29, 0.717) is 12.0 Å². The number of rotatable bonds is 4. The second kappa shape index (κ2) is 6.99. The smallest absolute Gasteiger partial charge is 0.161 e. The van der Waals surface area contributed by atoms with Crippen LogP contribution in [0.3, 0.4) is 0 Å². The number of benzene rings is 2. The van der Waals surface area contributed by atoms with Gasteiger partial charge in [0.1, 0.15) is 0 Å². The predicted molar refractivity (Wildman–Crippen MR) is 113 cm³/mol. The highest BCUT2D eigenvalue weighted by Gasteiger charge is 2.39. The van der Waals surface area contributed by atoms with E-state index in [4.69, 9.17) is 18.9 Å². The lowest BCUT2D eigenvalue weighted by Gasteiger charge is -2.40. The van der Waals surface area contributed by atoms with Crippen LogP contribution in [0.15, 0.2) is 30.3 Å². The lowest BCUT2D eigenvalue weighted by Crippen LogP contribution is -2.37. The van der Waals surface area contributed by atoms with Crippen molar-refractivity contribution in [3.8, 4) is 34.1 Å². The molecule has 2 heterocycles. The van der Waals surface area contributed by atoms with Crippen LogP contribution in [0, 0.1) is 0 Å². The third-order valence-corrected chi connectivity index (χ3v) is 6.63. The van der Waals surface area contributed by atoms with E-state index in [-0.39, 0.29) is 0 Å². The van der Waals surface area contributed by atoms with Crippen molar-refractivity contribution in [3.63, 3.8) is 0 Å². The third-order valence-electron chi connectivity index (χ3n) is 6.63. The van der Waals surface area contributed by atoms with Gasteiger partial charge in [0, 0.05) is 18.5 Å². The van der Waals surface area contributed by atoms with Crippen molar-refractivity contribution in [1.29, 1.82) is 0 Å². The molecule has 5 heteroatoms. The molecule has 5 nitrogen and oxygen atoms in total. The van der Waals surface area contributed by atoms with Crippen LogP contribution in [0.4, 0.5) is 0 Å². The van der Waals surface area contributed by atoms with E-state index in [2.05, 4.69) is 35.2 Å². The summed E-state index contributed by atoms with van der Waals surface area (Å²) in [4.78, 5) is 2.61. The molecule has 3 aliphatic rings. The van der Waals surface area contributed by atoms with Crippen molar-refractivity contribution in [2.24, 2.45) is 0 Å². The van der Waals surface area contributed by atoms with Crippen LogP contribution in [-0.2, 0) is 0 Å². The summed E-state index contributed by atoms with van der Waals surface area (Å²) in [5.74, 6) is 3.34. The Balaban J connectivity index is 1.79. The number of methoxy groups -OCH3 is 4. The molecule has 0 aromatic heterocycles. The van der Waals surface area contributed by atoms with Gasteiger partial charge in [-0.3, -0.25) is 4.90 Å². The van der Waals surface area contributed by atoms with Crippen molar-refractivity contribution in [2.75, 3.05) is 41.5 Å². The SMILES string of the molecule is COc1cc2c(cc1OC)-c1cc(OC)c(OC)cc1C1CN3CCCC3C=C21. The molecule has 0 radical (unpaired) electrons. The quantitative estimate of drug-likeness (QED) is 0.773. The summed E-state index contributed by atoms with van der Waals surface area (Å²) < 4.78 is 22.5. The van der Waals surface area contributed by atoms with Crippen molar-refractivity contribution < 1.29 is 18.9 Å². The number of fused-ring (bicyclic) bond motifs is 7. The zero-order valence-electron chi connectivity index (χ0n) is 17.5. The molecule has 5 rings (SSSR count).